The highest BCUT2D eigenvalue weighted by molar-refractivity contribution is 7.09. The number of amides is 3. The number of nitrogen functional groups attached to an aromatic ring is 1. The van der Waals surface area contributed by atoms with Gasteiger partial charge in [0.05, 0.1) is 12.8 Å². The number of anilines is 2. The summed E-state index contributed by atoms with van der Waals surface area (Å²) < 4.78 is 23.5. The third kappa shape index (κ3) is 5.15. The lowest BCUT2D eigenvalue weighted by atomic mass is 10.0. The van der Waals surface area contributed by atoms with E-state index in [1.807, 2.05) is 0 Å². The van der Waals surface area contributed by atoms with Crippen molar-refractivity contribution >= 4 is 40.6 Å². The van der Waals surface area contributed by atoms with Crippen molar-refractivity contribution in [3.63, 3.8) is 0 Å². The Kier molecular flexibility index (Phi) is 7.49. The van der Waals surface area contributed by atoms with Gasteiger partial charge in [-0.05, 0) is 60.3 Å². The summed E-state index contributed by atoms with van der Waals surface area (Å²) in [5.74, 6) is -2.06. The number of hydrogen-bond acceptors (Lipinski definition) is 7. The van der Waals surface area contributed by atoms with E-state index in [4.69, 9.17) is 16.2 Å². The molecule has 11 heteroatoms. The van der Waals surface area contributed by atoms with Gasteiger partial charge in [0.1, 0.15) is 22.5 Å². The van der Waals surface area contributed by atoms with Gasteiger partial charge in [-0.2, -0.15) is 4.37 Å². The number of halogens is 1. The lowest BCUT2D eigenvalue weighted by molar-refractivity contribution is -0.123. The number of aromatic nitrogens is 1. The molecule has 4 rings (SSSR count). The second-order valence-corrected chi connectivity index (χ2v) is 9.23. The topological polar surface area (TPSA) is 141 Å². The molecular formula is C25H26FN5O4S. The Morgan fingerprint density at radius 3 is 2.44 bits per heavy atom. The number of nitrogens with two attached hydrogens (primary N) is 2. The number of nitrogens with zero attached hydrogens (tertiary/aromatic N) is 2. The average Bonchev–Trinajstić information content (AvgIpc) is 3.51. The zero-order chi connectivity index (χ0) is 25.8. The summed E-state index contributed by atoms with van der Waals surface area (Å²) in [6.45, 7) is 0. The van der Waals surface area contributed by atoms with Crippen LogP contribution in [-0.4, -0.2) is 35.2 Å². The Balaban J connectivity index is 1.85. The zero-order valence-corrected chi connectivity index (χ0v) is 20.4. The summed E-state index contributed by atoms with van der Waals surface area (Å²) in [7, 11) is 1.52. The van der Waals surface area contributed by atoms with E-state index in [1.165, 1.54) is 30.2 Å². The second kappa shape index (κ2) is 10.7. The van der Waals surface area contributed by atoms with Crippen LogP contribution in [0.1, 0.15) is 57.4 Å². The molecule has 0 saturated heterocycles. The van der Waals surface area contributed by atoms with Crippen LogP contribution in [0.2, 0.25) is 0 Å². The van der Waals surface area contributed by atoms with Crippen molar-refractivity contribution in [2.24, 2.45) is 5.73 Å². The molecule has 1 saturated carbocycles. The molecule has 3 amide bonds. The first-order chi connectivity index (χ1) is 17.3. The predicted molar refractivity (Wildman–Crippen MR) is 134 cm³/mol. The molecule has 0 radical (unpaired) electrons. The molecule has 1 aromatic heterocycles. The lowest BCUT2D eigenvalue weighted by Gasteiger charge is -2.32. The minimum Gasteiger partial charge on any atom is -0.497 e. The fraction of sp³-hybridized carbons (Fsp3) is 0.280. The van der Waals surface area contributed by atoms with Crippen LogP contribution in [0.25, 0.3) is 0 Å². The molecule has 188 valence electrons. The minimum atomic E-state index is -1.18. The number of carbonyl (C=O) groups excluding carboxylic acids is 3. The van der Waals surface area contributed by atoms with Gasteiger partial charge in [-0.15, -0.1) is 0 Å². The van der Waals surface area contributed by atoms with E-state index in [9.17, 15) is 18.8 Å². The van der Waals surface area contributed by atoms with Crippen LogP contribution in [0.5, 0.6) is 5.75 Å². The van der Waals surface area contributed by atoms with Gasteiger partial charge in [-0.25, -0.2) is 4.39 Å². The van der Waals surface area contributed by atoms with Crippen molar-refractivity contribution in [1.82, 2.24) is 9.69 Å². The highest BCUT2D eigenvalue weighted by Crippen LogP contribution is 2.34. The molecular weight excluding hydrogens is 485 g/mol. The van der Waals surface area contributed by atoms with E-state index in [1.54, 1.807) is 24.3 Å². The van der Waals surface area contributed by atoms with Crippen molar-refractivity contribution < 1.29 is 23.5 Å². The predicted octanol–water partition coefficient (Wildman–Crippen LogP) is 3.42. The molecule has 1 fully saturated rings. The first kappa shape index (κ1) is 25.1. The van der Waals surface area contributed by atoms with Gasteiger partial charge in [0.25, 0.3) is 11.8 Å². The number of methoxy groups -OCH3 is 1. The molecule has 2 aromatic carbocycles. The van der Waals surface area contributed by atoms with E-state index in [0.29, 0.717) is 22.8 Å². The van der Waals surface area contributed by atoms with Crippen molar-refractivity contribution in [2.75, 3.05) is 17.7 Å². The zero-order valence-electron chi connectivity index (χ0n) is 19.6. The maximum atomic E-state index is 14.3. The summed E-state index contributed by atoms with van der Waals surface area (Å²) in [6, 6.07) is 10.8. The van der Waals surface area contributed by atoms with Gasteiger partial charge in [0.2, 0.25) is 5.91 Å². The van der Waals surface area contributed by atoms with Crippen LogP contribution in [0, 0.1) is 5.82 Å². The van der Waals surface area contributed by atoms with Crippen LogP contribution in [0.15, 0.2) is 48.5 Å². The SMILES string of the molecule is COc1ccc([C@H](C(=O)NC2CCCC2)N(C(=O)c2snc(C(N)=O)c2N)c2cccc(F)c2)cc1. The first-order valence-corrected chi connectivity index (χ1v) is 12.2. The third-order valence-corrected chi connectivity index (χ3v) is 6.95. The number of primary amides is 1. The van der Waals surface area contributed by atoms with Gasteiger partial charge in [0.15, 0.2) is 5.69 Å². The van der Waals surface area contributed by atoms with Gasteiger partial charge < -0.3 is 21.5 Å². The average molecular weight is 512 g/mol. The highest BCUT2D eigenvalue weighted by Gasteiger charge is 2.37. The molecule has 3 aromatic rings. The molecule has 1 atom stereocenters. The van der Waals surface area contributed by atoms with Gasteiger partial charge in [-0.1, -0.05) is 31.0 Å². The Labute approximate surface area is 211 Å². The lowest BCUT2D eigenvalue weighted by Crippen LogP contribution is -2.46. The number of carbonyl (C=O) groups is 3. The van der Waals surface area contributed by atoms with Crippen LogP contribution >= 0.6 is 11.5 Å². The van der Waals surface area contributed by atoms with Crippen LogP contribution in [-0.2, 0) is 4.79 Å². The molecule has 1 heterocycles. The van der Waals surface area contributed by atoms with Gasteiger partial charge >= 0.3 is 0 Å². The molecule has 9 nitrogen and oxygen atoms in total. The van der Waals surface area contributed by atoms with Gasteiger partial charge in [0, 0.05) is 11.7 Å². The molecule has 0 unspecified atom stereocenters. The van der Waals surface area contributed by atoms with E-state index in [-0.39, 0.29) is 28.0 Å². The number of hydrogen-bond donors (Lipinski definition) is 3. The molecule has 0 aliphatic heterocycles. The largest absolute Gasteiger partial charge is 0.497 e. The third-order valence-electron chi connectivity index (χ3n) is 6.10. The Hall–Kier alpha value is -3.99. The standard InChI is InChI=1S/C25H26FN5O4S/c1-35-18-11-9-14(10-12-18)21(24(33)29-16-6-2-3-7-16)31(17-8-4-5-15(26)13-17)25(34)22-19(27)20(23(28)32)30-36-22/h4-5,8-13,16,21H,2-3,6-7,27H2,1H3,(H2,28,32)(H,29,33)/t21-/m1/s1. The number of rotatable bonds is 8. The van der Waals surface area contributed by atoms with E-state index < -0.39 is 29.6 Å². The van der Waals surface area contributed by atoms with Crippen molar-refractivity contribution in [2.45, 2.75) is 37.8 Å². The minimum absolute atomic E-state index is 0.0300. The van der Waals surface area contributed by atoms with Gasteiger partial charge in [-0.3, -0.25) is 19.3 Å². The summed E-state index contributed by atoms with van der Waals surface area (Å²) in [4.78, 5) is 40.5. The summed E-state index contributed by atoms with van der Waals surface area (Å²) in [6.07, 6.45) is 3.66. The van der Waals surface area contributed by atoms with E-state index >= 15 is 0 Å². The molecule has 1 aliphatic rings. The van der Waals surface area contributed by atoms with Crippen molar-refractivity contribution in [1.29, 1.82) is 0 Å². The highest BCUT2D eigenvalue weighted by atomic mass is 32.1. The molecule has 0 spiro atoms. The number of benzene rings is 2. The summed E-state index contributed by atoms with van der Waals surface area (Å²) >= 11 is 0.691. The molecule has 1 aliphatic carbocycles. The fourth-order valence-electron chi connectivity index (χ4n) is 4.30. The molecule has 36 heavy (non-hydrogen) atoms. The van der Waals surface area contributed by atoms with Crippen molar-refractivity contribution in [3.8, 4) is 5.75 Å². The maximum Gasteiger partial charge on any atom is 0.273 e. The van der Waals surface area contributed by atoms with Crippen molar-refractivity contribution in [3.05, 3.63) is 70.5 Å². The van der Waals surface area contributed by atoms with E-state index in [0.717, 1.165) is 31.7 Å². The molecule has 5 N–H and O–H groups in total. The fourth-order valence-corrected chi connectivity index (χ4v) is 5.04. The summed E-state index contributed by atoms with van der Waals surface area (Å²) in [5, 5.41) is 3.04. The maximum absolute atomic E-state index is 14.3. The Bertz CT molecular complexity index is 1270. The summed E-state index contributed by atoms with van der Waals surface area (Å²) in [5.41, 5.74) is 11.6. The monoisotopic (exact) mass is 511 g/mol. The first-order valence-electron chi connectivity index (χ1n) is 11.4. The number of ether oxygens (including phenoxy) is 1. The van der Waals surface area contributed by atoms with E-state index in [2.05, 4.69) is 9.69 Å². The Morgan fingerprint density at radius 2 is 1.86 bits per heavy atom. The van der Waals surface area contributed by atoms with Crippen LogP contribution in [0.4, 0.5) is 15.8 Å². The van der Waals surface area contributed by atoms with Crippen LogP contribution in [0.3, 0.4) is 0 Å². The number of nitrogens with one attached hydrogen (secondary N) is 1. The normalized spacial score (nSPS) is 14.3. The molecule has 0 bridgehead atoms. The van der Waals surface area contributed by atoms with Crippen LogP contribution < -0.4 is 26.4 Å². The quantitative estimate of drug-likeness (QED) is 0.423. The second-order valence-electron chi connectivity index (χ2n) is 8.46. The Morgan fingerprint density at radius 1 is 1.17 bits per heavy atom. The smallest absolute Gasteiger partial charge is 0.273 e.